The van der Waals surface area contributed by atoms with Gasteiger partial charge in [0.1, 0.15) is 5.03 Å². The summed E-state index contributed by atoms with van der Waals surface area (Å²) >= 11 is 0.268. The molecule has 1 aromatic heterocycles. The zero-order valence-electron chi connectivity index (χ0n) is 14.5. The molecule has 142 valence electrons. The van der Waals surface area contributed by atoms with Crippen molar-refractivity contribution in [3.05, 3.63) is 54.2 Å². The summed E-state index contributed by atoms with van der Waals surface area (Å²) in [6.45, 7) is 0.804. The topological polar surface area (TPSA) is 62.3 Å². The maximum Gasteiger partial charge on any atom is 0.290 e. The highest BCUT2D eigenvalue weighted by Gasteiger charge is 2.29. The summed E-state index contributed by atoms with van der Waals surface area (Å²) in [6.07, 6.45) is 2.45. The average Bonchev–Trinajstić information content (AvgIpc) is 2.68. The molecule has 0 atom stereocenters. The molecule has 0 aliphatic carbocycles. The standard InChI is InChI=1S/C19H19F2N3O2S/c20-19(21)27-17-15(7-4-10-22-17)18(26)24-11-8-13(9-12-24)16(25)23-14-5-2-1-3-6-14/h1-7,10,13,19H,8-9,11-12H2,(H,23,25). The molecule has 1 aliphatic heterocycles. The smallest absolute Gasteiger partial charge is 0.290 e. The summed E-state index contributed by atoms with van der Waals surface area (Å²) in [5.41, 5.74) is 0.917. The van der Waals surface area contributed by atoms with Crippen LogP contribution in [0.3, 0.4) is 0 Å². The van der Waals surface area contributed by atoms with Crippen LogP contribution in [0, 0.1) is 5.92 Å². The highest BCUT2D eigenvalue weighted by atomic mass is 32.2. The van der Waals surface area contributed by atoms with Crippen molar-refractivity contribution in [1.82, 2.24) is 9.88 Å². The lowest BCUT2D eigenvalue weighted by Crippen LogP contribution is -2.41. The predicted molar refractivity (Wildman–Crippen MR) is 99.8 cm³/mol. The van der Waals surface area contributed by atoms with Crippen LogP contribution in [0.4, 0.5) is 14.5 Å². The third kappa shape index (κ3) is 5.03. The fourth-order valence-corrected chi connectivity index (χ4v) is 3.59. The molecule has 1 N–H and O–H groups in total. The van der Waals surface area contributed by atoms with Crippen LogP contribution in [0.25, 0.3) is 0 Å². The Kier molecular flexibility index (Phi) is 6.39. The fraction of sp³-hybridized carbons (Fsp3) is 0.316. The normalized spacial score (nSPS) is 15.0. The molecule has 5 nitrogen and oxygen atoms in total. The first-order chi connectivity index (χ1) is 13.0. The van der Waals surface area contributed by atoms with E-state index >= 15 is 0 Å². The van der Waals surface area contributed by atoms with Gasteiger partial charge in [-0.15, -0.1) is 0 Å². The first-order valence-corrected chi connectivity index (χ1v) is 9.47. The van der Waals surface area contributed by atoms with Crippen molar-refractivity contribution in [2.24, 2.45) is 5.92 Å². The second-order valence-corrected chi connectivity index (χ2v) is 7.14. The number of likely N-dealkylation sites (tertiary alicyclic amines) is 1. The number of carbonyl (C=O) groups is 2. The summed E-state index contributed by atoms with van der Waals surface area (Å²) in [7, 11) is 0. The summed E-state index contributed by atoms with van der Waals surface area (Å²) in [6, 6.07) is 12.3. The van der Waals surface area contributed by atoms with Gasteiger partial charge in [-0.3, -0.25) is 9.59 Å². The molecule has 1 saturated heterocycles. The Morgan fingerprint density at radius 3 is 2.48 bits per heavy atom. The van der Waals surface area contributed by atoms with Crippen LogP contribution in [0.2, 0.25) is 0 Å². The molecule has 0 spiro atoms. The lowest BCUT2D eigenvalue weighted by molar-refractivity contribution is -0.121. The number of anilines is 1. The lowest BCUT2D eigenvalue weighted by Gasteiger charge is -2.31. The molecular formula is C19H19F2N3O2S. The van der Waals surface area contributed by atoms with Crippen molar-refractivity contribution in [2.75, 3.05) is 18.4 Å². The van der Waals surface area contributed by atoms with Gasteiger partial charge >= 0.3 is 0 Å². The molecule has 1 fully saturated rings. The molecule has 0 unspecified atom stereocenters. The second-order valence-electron chi connectivity index (χ2n) is 6.16. The van der Waals surface area contributed by atoms with Gasteiger partial charge in [-0.2, -0.15) is 8.78 Å². The van der Waals surface area contributed by atoms with Crippen LogP contribution >= 0.6 is 11.8 Å². The average molecular weight is 391 g/mol. The number of pyridine rings is 1. The summed E-state index contributed by atoms with van der Waals surface area (Å²) in [4.78, 5) is 30.6. The van der Waals surface area contributed by atoms with Crippen molar-refractivity contribution >= 4 is 29.3 Å². The van der Waals surface area contributed by atoms with Gasteiger partial charge in [-0.25, -0.2) is 4.98 Å². The third-order valence-electron chi connectivity index (χ3n) is 4.40. The zero-order valence-corrected chi connectivity index (χ0v) is 15.3. The largest absolute Gasteiger partial charge is 0.339 e. The molecule has 0 saturated carbocycles. The Morgan fingerprint density at radius 2 is 1.81 bits per heavy atom. The van der Waals surface area contributed by atoms with Gasteiger partial charge in [0.05, 0.1) is 5.56 Å². The van der Waals surface area contributed by atoms with Crippen molar-refractivity contribution in [1.29, 1.82) is 0 Å². The number of nitrogens with zero attached hydrogens (tertiary/aromatic N) is 2. The number of benzene rings is 1. The SMILES string of the molecule is O=C(Nc1ccccc1)C1CCN(C(=O)c2cccnc2SC(F)F)CC1. The van der Waals surface area contributed by atoms with E-state index in [-0.39, 0.29) is 40.1 Å². The summed E-state index contributed by atoms with van der Waals surface area (Å²) in [5, 5.41) is 2.91. The molecule has 1 aromatic carbocycles. The minimum Gasteiger partial charge on any atom is -0.339 e. The first-order valence-electron chi connectivity index (χ1n) is 8.59. The quantitative estimate of drug-likeness (QED) is 0.786. The number of hydrogen-bond donors (Lipinski definition) is 1. The number of thioether (sulfide) groups is 1. The van der Waals surface area contributed by atoms with Crippen molar-refractivity contribution in [2.45, 2.75) is 23.6 Å². The molecule has 0 radical (unpaired) electrons. The van der Waals surface area contributed by atoms with Crippen LogP contribution < -0.4 is 5.32 Å². The van der Waals surface area contributed by atoms with Crippen LogP contribution in [0.5, 0.6) is 0 Å². The van der Waals surface area contributed by atoms with E-state index < -0.39 is 5.76 Å². The number of rotatable bonds is 5. The number of para-hydroxylation sites is 1. The highest BCUT2D eigenvalue weighted by molar-refractivity contribution is 7.99. The summed E-state index contributed by atoms with van der Waals surface area (Å²) < 4.78 is 25.4. The van der Waals surface area contributed by atoms with E-state index in [4.69, 9.17) is 0 Å². The highest BCUT2D eigenvalue weighted by Crippen LogP contribution is 2.28. The van der Waals surface area contributed by atoms with Gasteiger partial charge in [-0.1, -0.05) is 18.2 Å². The van der Waals surface area contributed by atoms with E-state index in [1.54, 1.807) is 11.0 Å². The molecular weight excluding hydrogens is 372 g/mol. The maximum atomic E-state index is 12.7. The van der Waals surface area contributed by atoms with E-state index in [1.807, 2.05) is 30.3 Å². The van der Waals surface area contributed by atoms with Crippen molar-refractivity contribution in [3.63, 3.8) is 0 Å². The van der Waals surface area contributed by atoms with Gasteiger partial charge < -0.3 is 10.2 Å². The molecule has 0 bridgehead atoms. The number of halogens is 2. The Bertz CT molecular complexity index is 797. The number of alkyl halides is 2. The van der Waals surface area contributed by atoms with Crippen LogP contribution in [-0.2, 0) is 4.79 Å². The van der Waals surface area contributed by atoms with Gasteiger partial charge in [0.2, 0.25) is 5.91 Å². The molecule has 8 heteroatoms. The fourth-order valence-electron chi connectivity index (χ4n) is 3.01. The third-order valence-corrected chi connectivity index (χ3v) is 5.12. The molecule has 27 heavy (non-hydrogen) atoms. The second kappa shape index (κ2) is 8.94. The van der Waals surface area contributed by atoms with Crippen molar-refractivity contribution < 1.29 is 18.4 Å². The maximum absolute atomic E-state index is 12.7. The van der Waals surface area contributed by atoms with Gasteiger partial charge in [0.15, 0.2) is 0 Å². The van der Waals surface area contributed by atoms with Gasteiger partial charge in [0, 0.05) is 30.9 Å². The number of nitrogens with one attached hydrogen (secondary N) is 1. The lowest BCUT2D eigenvalue weighted by atomic mass is 9.95. The summed E-state index contributed by atoms with van der Waals surface area (Å²) in [5.74, 6) is -3.21. The van der Waals surface area contributed by atoms with E-state index in [0.717, 1.165) is 5.69 Å². The monoisotopic (exact) mass is 391 g/mol. The van der Waals surface area contributed by atoms with E-state index in [2.05, 4.69) is 10.3 Å². The van der Waals surface area contributed by atoms with E-state index in [9.17, 15) is 18.4 Å². The van der Waals surface area contributed by atoms with Gasteiger partial charge in [-0.05, 0) is 48.9 Å². The molecule has 1 aliphatic rings. The van der Waals surface area contributed by atoms with Crippen molar-refractivity contribution in [3.8, 4) is 0 Å². The predicted octanol–water partition coefficient (Wildman–Crippen LogP) is 3.89. The number of hydrogen-bond acceptors (Lipinski definition) is 4. The number of piperidine rings is 1. The first kappa shape index (κ1) is 19.3. The molecule has 2 amide bonds. The van der Waals surface area contributed by atoms with E-state index in [1.165, 1.54) is 12.3 Å². The zero-order chi connectivity index (χ0) is 19.2. The Hall–Kier alpha value is -2.48. The molecule has 2 aromatic rings. The minimum absolute atomic E-state index is 0.0291. The number of aromatic nitrogens is 1. The van der Waals surface area contributed by atoms with Crippen LogP contribution in [0.15, 0.2) is 53.7 Å². The van der Waals surface area contributed by atoms with E-state index in [0.29, 0.717) is 25.9 Å². The van der Waals surface area contributed by atoms with Crippen LogP contribution in [-0.4, -0.2) is 40.5 Å². The Morgan fingerprint density at radius 1 is 1.11 bits per heavy atom. The number of amides is 2. The number of carbonyl (C=O) groups excluding carboxylic acids is 2. The minimum atomic E-state index is -2.64. The Labute approximate surface area is 160 Å². The molecule has 3 rings (SSSR count). The Balaban J connectivity index is 1.59. The van der Waals surface area contributed by atoms with Gasteiger partial charge in [0.25, 0.3) is 11.7 Å². The molecule has 2 heterocycles. The van der Waals surface area contributed by atoms with Crippen LogP contribution in [0.1, 0.15) is 23.2 Å².